The third kappa shape index (κ3) is 7.68. The smallest absolute Gasteiger partial charge is 0.319 e. The van der Waals surface area contributed by atoms with Gasteiger partial charge in [-0.2, -0.15) is 0 Å². The summed E-state index contributed by atoms with van der Waals surface area (Å²) in [6.45, 7) is 6.68. The Balaban J connectivity index is 2.37. The minimum atomic E-state index is -0.209. The lowest BCUT2D eigenvalue weighted by Crippen LogP contribution is -2.36. The van der Waals surface area contributed by atoms with E-state index in [0.717, 1.165) is 12.8 Å². The monoisotopic (exact) mass is 319 g/mol. The van der Waals surface area contributed by atoms with E-state index in [9.17, 15) is 9.59 Å². The van der Waals surface area contributed by atoms with E-state index >= 15 is 0 Å². The Morgan fingerprint density at radius 3 is 2.35 bits per heavy atom. The number of amides is 3. The third-order valence-electron chi connectivity index (χ3n) is 3.61. The van der Waals surface area contributed by atoms with Gasteiger partial charge in [-0.15, -0.1) is 0 Å². The molecule has 1 rings (SSSR count). The standard InChI is InChI=1S/C18H29N3O2/c1-4-6-7-8-9-14(3)20-18(23)21-16-12-10-15(11-13-16)17(22)19-5-2/h10-14H,4-9H2,1-3H3,(H,19,22)(H2,20,21,23). The fourth-order valence-electron chi connectivity index (χ4n) is 2.31. The summed E-state index contributed by atoms with van der Waals surface area (Å²) in [5, 5.41) is 8.46. The summed E-state index contributed by atoms with van der Waals surface area (Å²) in [5.74, 6) is -0.107. The molecule has 0 aliphatic heterocycles. The number of urea groups is 1. The number of rotatable bonds is 9. The summed E-state index contributed by atoms with van der Waals surface area (Å²) in [6.07, 6.45) is 5.80. The zero-order chi connectivity index (χ0) is 17.1. The quantitative estimate of drug-likeness (QED) is 0.604. The molecule has 0 bridgehead atoms. The topological polar surface area (TPSA) is 70.2 Å². The van der Waals surface area contributed by atoms with Crippen LogP contribution in [-0.4, -0.2) is 24.5 Å². The minimum absolute atomic E-state index is 0.107. The second-order valence-electron chi connectivity index (χ2n) is 5.79. The number of carbonyl (C=O) groups excluding carboxylic acids is 2. The molecular weight excluding hydrogens is 290 g/mol. The number of benzene rings is 1. The number of nitrogens with one attached hydrogen (secondary N) is 3. The average Bonchev–Trinajstić information content (AvgIpc) is 2.52. The normalized spacial score (nSPS) is 11.6. The van der Waals surface area contributed by atoms with Crippen molar-refractivity contribution in [3.63, 3.8) is 0 Å². The van der Waals surface area contributed by atoms with E-state index < -0.39 is 0 Å². The van der Waals surface area contributed by atoms with Crippen molar-refractivity contribution in [2.45, 2.75) is 58.9 Å². The van der Waals surface area contributed by atoms with Gasteiger partial charge in [0.2, 0.25) is 0 Å². The summed E-state index contributed by atoms with van der Waals surface area (Å²) in [4.78, 5) is 23.6. The molecule has 0 aromatic heterocycles. The number of hydrogen-bond donors (Lipinski definition) is 3. The molecule has 0 fully saturated rings. The van der Waals surface area contributed by atoms with Gasteiger partial charge < -0.3 is 16.0 Å². The van der Waals surface area contributed by atoms with E-state index in [1.54, 1.807) is 24.3 Å². The highest BCUT2D eigenvalue weighted by molar-refractivity contribution is 5.95. The van der Waals surface area contributed by atoms with Gasteiger partial charge in [-0.05, 0) is 44.5 Å². The molecule has 23 heavy (non-hydrogen) atoms. The summed E-state index contributed by atoms with van der Waals surface area (Å²) < 4.78 is 0. The molecule has 1 aromatic rings. The van der Waals surface area contributed by atoms with Crippen LogP contribution in [0.2, 0.25) is 0 Å². The lowest BCUT2D eigenvalue weighted by atomic mass is 10.1. The zero-order valence-corrected chi connectivity index (χ0v) is 14.4. The van der Waals surface area contributed by atoms with E-state index in [1.165, 1.54) is 19.3 Å². The molecule has 3 N–H and O–H groups in total. The van der Waals surface area contributed by atoms with Crippen LogP contribution in [0.4, 0.5) is 10.5 Å². The predicted octanol–water partition coefficient (Wildman–Crippen LogP) is 3.92. The van der Waals surface area contributed by atoms with Crippen molar-refractivity contribution in [1.82, 2.24) is 10.6 Å². The number of anilines is 1. The highest BCUT2D eigenvalue weighted by atomic mass is 16.2. The Morgan fingerprint density at radius 2 is 1.74 bits per heavy atom. The van der Waals surface area contributed by atoms with Crippen LogP contribution >= 0.6 is 0 Å². The van der Waals surface area contributed by atoms with E-state index in [2.05, 4.69) is 22.9 Å². The molecular formula is C18H29N3O2. The van der Waals surface area contributed by atoms with Crippen LogP contribution < -0.4 is 16.0 Å². The molecule has 0 heterocycles. The van der Waals surface area contributed by atoms with Crippen LogP contribution in [0.5, 0.6) is 0 Å². The van der Waals surface area contributed by atoms with Gasteiger partial charge in [-0.1, -0.05) is 32.6 Å². The van der Waals surface area contributed by atoms with Crippen molar-refractivity contribution < 1.29 is 9.59 Å². The molecule has 5 nitrogen and oxygen atoms in total. The molecule has 128 valence electrons. The second kappa shape index (κ2) is 10.6. The van der Waals surface area contributed by atoms with Crippen molar-refractivity contribution in [1.29, 1.82) is 0 Å². The van der Waals surface area contributed by atoms with Crippen molar-refractivity contribution in [3.05, 3.63) is 29.8 Å². The molecule has 5 heteroatoms. The molecule has 1 unspecified atom stereocenters. The Kier molecular flexibility index (Phi) is 8.80. The van der Waals surface area contributed by atoms with Gasteiger partial charge >= 0.3 is 6.03 Å². The van der Waals surface area contributed by atoms with Gasteiger partial charge in [-0.3, -0.25) is 4.79 Å². The Labute approximate surface area is 139 Å². The predicted molar refractivity (Wildman–Crippen MR) is 94.8 cm³/mol. The fourth-order valence-corrected chi connectivity index (χ4v) is 2.31. The number of hydrogen-bond acceptors (Lipinski definition) is 2. The highest BCUT2D eigenvalue weighted by Gasteiger charge is 2.08. The van der Waals surface area contributed by atoms with E-state index in [0.29, 0.717) is 17.8 Å². The van der Waals surface area contributed by atoms with E-state index in [-0.39, 0.29) is 18.0 Å². The molecule has 1 atom stereocenters. The Morgan fingerprint density at radius 1 is 1.04 bits per heavy atom. The van der Waals surface area contributed by atoms with Gasteiger partial charge in [0, 0.05) is 23.8 Å². The van der Waals surface area contributed by atoms with Gasteiger partial charge in [-0.25, -0.2) is 4.79 Å². The molecule has 0 aliphatic rings. The maximum Gasteiger partial charge on any atom is 0.319 e. The fraction of sp³-hybridized carbons (Fsp3) is 0.556. The van der Waals surface area contributed by atoms with Crippen molar-refractivity contribution in [3.8, 4) is 0 Å². The lowest BCUT2D eigenvalue weighted by molar-refractivity contribution is 0.0956. The van der Waals surface area contributed by atoms with Crippen LogP contribution in [0.25, 0.3) is 0 Å². The van der Waals surface area contributed by atoms with Gasteiger partial charge in [0.15, 0.2) is 0 Å². The zero-order valence-electron chi connectivity index (χ0n) is 14.4. The first-order valence-electron chi connectivity index (χ1n) is 8.52. The van der Waals surface area contributed by atoms with Crippen LogP contribution in [0.15, 0.2) is 24.3 Å². The third-order valence-corrected chi connectivity index (χ3v) is 3.61. The average molecular weight is 319 g/mol. The van der Waals surface area contributed by atoms with Gasteiger partial charge in [0.05, 0.1) is 0 Å². The first-order valence-corrected chi connectivity index (χ1v) is 8.52. The highest BCUT2D eigenvalue weighted by Crippen LogP contribution is 2.10. The summed E-state index contributed by atoms with van der Waals surface area (Å²) in [6, 6.07) is 6.82. The van der Waals surface area contributed by atoms with Crippen LogP contribution in [0.3, 0.4) is 0 Å². The van der Waals surface area contributed by atoms with Crippen molar-refractivity contribution in [2.75, 3.05) is 11.9 Å². The maximum atomic E-state index is 11.9. The summed E-state index contributed by atoms with van der Waals surface area (Å²) >= 11 is 0. The SMILES string of the molecule is CCCCCCC(C)NC(=O)Nc1ccc(C(=O)NCC)cc1. The molecule has 1 aromatic carbocycles. The Hall–Kier alpha value is -2.04. The second-order valence-corrected chi connectivity index (χ2v) is 5.79. The molecule has 0 aliphatic carbocycles. The summed E-state index contributed by atoms with van der Waals surface area (Å²) in [7, 11) is 0. The van der Waals surface area contributed by atoms with Crippen molar-refractivity contribution in [2.24, 2.45) is 0 Å². The number of unbranched alkanes of at least 4 members (excludes halogenated alkanes) is 3. The summed E-state index contributed by atoms with van der Waals surface area (Å²) in [5.41, 5.74) is 1.26. The molecule has 0 saturated heterocycles. The van der Waals surface area contributed by atoms with Crippen LogP contribution in [0, 0.1) is 0 Å². The van der Waals surface area contributed by atoms with E-state index in [4.69, 9.17) is 0 Å². The molecule has 0 radical (unpaired) electrons. The Bertz CT molecular complexity index is 486. The molecule has 0 spiro atoms. The largest absolute Gasteiger partial charge is 0.352 e. The van der Waals surface area contributed by atoms with Crippen LogP contribution in [-0.2, 0) is 0 Å². The maximum absolute atomic E-state index is 11.9. The minimum Gasteiger partial charge on any atom is -0.352 e. The first kappa shape index (κ1) is 19.0. The van der Waals surface area contributed by atoms with Crippen molar-refractivity contribution >= 4 is 17.6 Å². The van der Waals surface area contributed by atoms with E-state index in [1.807, 2.05) is 13.8 Å². The van der Waals surface area contributed by atoms with Gasteiger partial charge in [0.1, 0.15) is 0 Å². The first-order chi connectivity index (χ1) is 11.1. The lowest BCUT2D eigenvalue weighted by Gasteiger charge is -2.14. The molecule has 0 saturated carbocycles. The van der Waals surface area contributed by atoms with Crippen LogP contribution in [0.1, 0.15) is 63.2 Å². The number of carbonyl (C=O) groups is 2. The molecule has 3 amide bonds. The van der Waals surface area contributed by atoms with Gasteiger partial charge in [0.25, 0.3) is 5.91 Å².